The molecule has 1 atom stereocenters. The molecule has 0 aromatic carbocycles. The maximum atomic E-state index is 11.8. The van der Waals surface area contributed by atoms with E-state index >= 15 is 0 Å². The number of halogens is 3. The molecule has 0 fully saturated rings. The van der Waals surface area contributed by atoms with Crippen molar-refractivity contribution in [2.45, 2.75) is 51.7 Å². The first-order chi connectivity index (χ1) is 6.95. The Bertz CT molecular complexity index is 175. The Balaban J connectivity index is 3.37. The number of rotatable bonds is 7. The summed E-state index contributed by atoms with van der Waals surface area (Å²) in [5, 5.41) is 3.19. The molecule has 1 unspecified atom stereocenters. The van der Waals surface area contributed by atoms with Crippen LogP contribution in [-0.4, -0.2) is 18.8 Å². The Kier molecular flexibility index (Phi) is 7.48. The van der Waals surface area contributed by atoms with Gasteiger partial charge in [0, 0.05) is 12.5 Å². The molecule has 0 spiro atoms. The second kappa shape index (κ2) is 7.74. The Morgan fingerprint density at radius 3 is 2.53 bits per heavy atom. The Labute approximate surface area is 89.7 Å². The lowest BCUT2D eigenvalue weighted by molar-refractivity contribution is -0.135. The molecule has 1 nitrogen and oxygen atoms in total. The lowest BCUT2D eigenvalue weighted by Gasteiger charge is -2.13. The minimum atomic E-state index is -4.01. The predicted octanol–water partition coefficient (Wildman–Crippen LogP) is 3.66. The Hall–Kier alpha value is -0.510. The molecule has 15 heavy (non-hydrogen) atoms. The molecule has 0 saturated heterocycles. The first kappa shape index (κ1) is 14.5. The van der Waals surface area contributed by atoms with Crippen LogP contribution in [0.5, 0.6) is 0 Å². The highest BCUT2D eigenvalue weighted by molar-refractivity contribution is 4.78. The molecule has 0 heterocycles. The van der Waals surface area contributed by atoms with Crippen LogP contribution in [0, 0.1) is 0 Å². The van der Waals surface area contributed by atoms with Crippen LogP contribution in [0.3, 0.4) is 0 Å². The van der Waals surface area contributed by atoms with E-state index in [4.69, 9.17) is 0 Å². The quantitative estimate of drug-likeness (QED) is 0.513. The van der Waals surface area contributed by atoms with E-state index in [0.29, 0.717) is 6.42 Å². The van der Waals surface area contributed by atoms with Gasteiger partial charge in [-0.3, -0.25) is 0 Å². The lowest BCUT2D eigenvalue weighted by atomic mass is 10.1. The van der Waals surface area contributed by atoms with Crippen LogP contribution in [0.1, 0.15) is 39.5 Å². The summed E-state index contributed by atoms with van der Waals surface area (Å²) in [5.41, 5.74) is 0. The topological polar surface area (TPSA) is 12.0 Å². The minimum Gasteiger partial charge on any atom is -0.314 e. The van der Waals surface area contributed by atoms with Crippen LogP contribution in [0.2, 0.25) is 0 Å². The number of hydrogen-bond donors (Lipinski definition) is 1. The molecule has 0 aliphatic heterocycles. The summed E-state index contributed by atoms with van der Waals surface area (Å²) in [4.78, 5) is 0. The van der Waals surface area contributed by atoms with Crippen molar-refractivity contribution in [2.75, 3.05) is 6.54 Å². The summed E-state index contributed by atoms with van der Waals surface area (Å²) in [6.07, 6.45) is 1.04. The highest BCUT2D eigenvalue weighted by Gasteiger charge is 2.26. The van der Waals surface area contributed by atoms with E-state index in [9.17, 15) is 13.2 Å². The van der Waals surface area contributed by atoms with Crippen molar-refractivity contribution < 1.29 is 13.2 Å². The number of allylic oxidation sites excluding steroid dienone is 1. The molecule has 1 N–H and O–H groups in total. The van der Waals surface area contributed by atoms with Crippen LogP contribution in [0.4, 0.5) is 13.2 Å². The van der Waals surface area contributed by atoms with Crippen molar-refractivity contribution >= 4 is 0 Å². The summed E-state index contributed by atoms with van der Waals surface area (Å²) in [6.45, 7) is 4.70. The zero-order valence-corrected chi connectivity index (χ0v) is 9.40. The maximum absolute atomic E-state index is 11.8. The first-order valence-electron chi connectivity index (χ1n) is 5.37. The van der Waals surface area contributed by atoms with Gasteiger partial charge in [-0.1, -0.05) is 12.2 Å². The van der Waals surface area contributed by atoms with Crippen LogP contribution in [-0.2, 0) is 0 Å². The predicted molar refractivity (Wildman–Crippen MR) is 56.8 cm³/mol. The largest absolute Gasteiger partial charge is 0.389 e. The third kappa shape index (κ3) is 11.4. The van der Waals surface area contributed by atoms with Gasteiger partial charge in [0.1, 0.15) is 0 Å². The molecule has 0 aliphatic carbocycles. The van der Waals surface area contributed by atoms with Gasteiger partial charge in [0.05, 0.1) is 0 Å². The Morgan fingerprint density at radius 1 is 1.33 bits per heavy atom. The van der Waals surface area contributed by atoms with E-state index in [1.165, 1.54) is 0 Å². The summed E-state index contributed by atoms with van der Waals surface area (Å²) < 4.78 is 35.5. The summed E-state index contributed by atoms with van der Waals surface area (Å²) in [7, 11) is 0. The van der Waals surface area contributed by atoms with Gasteiger partial charge >= 0.3 is 6.18 Å². The average Bonchev–Trinajstić information content (AvgIpc) is 2.10. The molecule has 4 heteroatoms. The molecule has 0 saturated carbocycles. The van der Waals surface area contributed by atoms with Gasteiger partial charge in [-0.15, -0.1) is 0 Å². The SMILES string of the molecule is C/C=C/CCNC(C)CCCC(F)(F)F. The van der Waals surface area contributed by atoms with Crippen LogP contribution in [0.15, 0.2) is 12.2 Å². The summed E-state index contributed by atoms with van der Waals surface area (Å²) in [5.74, 6) is 0. The highest BCUT2D eigenvalue weighted by Crippen LogP contribution is 2.22. The third-order valence-electron chi connectivity index (χ3n) is 2.14. The average molecular weight is 223 g/mol. The molecular weight excluding hydrogens is 203 g/mol. The number of alkyl halides is 3. The molecule has 0 amide bonds. The molecule has 0 aliphatic rings. The second-order valence-corrected chi connectivity index (χ2v) is 3.72. The van der Waals surface area contributed by atoms with Gasteiger partial charge in [-0.25, -0.2) is 0 Å². The third-order valence-corrected chi connectivity index (χ3v) is 2.14. The van der Waals surface area contributed by atoms with Gasteiger partial charge in [-0.2, -0.15) is 13.2 Å². The van der Waals surface area contributed by atoms with Crippen molar-refractivity contribution in [3.05, 3.63) is 12.2 Å². The van der Waals surface area contributed by atoms with Crippen LogP contribution < -0.4 is 5.32 Å². The molecule has 0 aromatic rings. The monoisotopic (exact) mass is 223 g/mol. The van der Waals surface area contributed by atoms with Crippen molar-refractivity contribution in [1.29, 1.82) is 0 Å². The van der Waals surface area contributed by atoms with Crippen LogP contribution >= 0.6 is 0 Å². The van der Waals surface area contributed by atoms with Gasteiger partial charge < -0.3 is 5.32 Å². The van der Waals surface area contributed by atoms with Gasteiger partial charge in [0.15, 0.2) is 0 Å². The zero-order chi connectivity index (χ0) is 11.7. The second-order valence-electron chi connectivity index (χ2n) is 3.72. The van der Waals surface area contributed by atoms with Gasteiger partial charge in [0.2, 0.25) is 0 Å². The van der Waals surface area contributed by atoms with Crippen molar-refractivity contribution in [1.82, 2.24) is 5.32 Å². The van der Waals surface area contributed by atoms with E-state index in [1.807, 2.05) is 26.0 Å². The fraction of sp³-hybridized carbons (Fsp3) is 0.818. The fourth-order valence-electron chi connectivity index (χ4n) is 1.29. The highest BCUT2D eigenvalue weighted by atomic mass is 19.4. The first-order valence-corrected chi connectivity index (χ1v) is 5.37. The number of nitrogens with one attached hydrogen (secondary N) is 1. The summed E-state index contributed by atoms with van der Waals surface area (Å²) in [6, 6.07) is 0.164. The molecule has 0 rings (SSSR count). The van der Waals surface area contributed by atoms with Crippen molar-refractivity contribution in [3.8, 4) is 0 Å². The minimum absolute atomic E-state index is 0.164. The van der Waals surface area contributed by atoms with Gasteiger partial charge in [-0.05, 0) is 39.7 Å². The van der Waals surface area contributed by atoms with E-state index in [0.717, 1.165) is 13.0 Å². The molecule has 0 radical (unpaired) electrons. The van der Waals surface area contributed by atoms with Crippen molar-refractivity contribution in [2.24, 2.45) is 0 Å². The smallest absolute Gasteiger partial charge is 0.314 e. The lowest BCUT2D eigenvalue weighted by Crippen LogP contribution is -2.27. The Morgan fingerprint density at radius 2 is 2.00 bits per heavy atom. The molecule has 0 bridgehead atoms. The van der Waals surface area contributed by atoms with E-state index in [-0.39, 0.29) is 12.5 Å². The summed E-state index contributed by atoms with van der Waals surface area (Å²) >= 11 is 0. The van der Waals surface area contributed by atoms with Gasteiger partial charge in [0.25, 0.3) is 0 Å². The standard InChI is InChI=1S/C11H20F3N/c1-3-4-5-9-15-10(2)7-6-8-11(12,13)14/h3-4,10,15H,5-9H2,1-2H3/b4-3+. The number of hydrogen-bond acceptors (Lipinski definition) is 1. The maximum Gasteiger partial charge on any atom is 0.389 e. The molecule has 0 aromatic heterocycles. The van der Waals surface area contributed by atoms with E-state index in [2.05, 4.69) is 5.32 Å². The normalized spacial score (nSPS) is 14.7. The van der Waals surface area contributed by atoms with Crippen LogP contribution in [0.25, 0.3) is 0 Å². The van der Waals surface area contributed by atoms with Crippen molar-refractivity contribution in [3.63, 3.8) is 0 Å². The molecular formula is C11H20F3N. The molecule has 90 valence electrons. The fourth-order valence-corrected chi connectivity index (χ4v) is 1.29. The van der Waals surface area contributed by atoms with E-state index < -0.39 is 12.6 Å². The zero-order valence-electron chi connectivity index (χ0n) is 9.40. The van der Waals surface area contributed by atoms with E-state index in [1.54, 1.807) is 0 Å².